The molecule has 1 saturated carbocycles. The van der Waals surface area contributed by atoms with Gasteiger partial charge in [0.25, 0.3) is 0 Å². The lowest BCUT2D eigenvalue weighted by atomic mass is 10.2. The number of hydrogen-bond donors (Lipinski definition) is 1. The van der Waals surface area contributed by atoms with Crippen LogP contribution in [-0.2, 0) is 4.74 Å². The predicted octanol–water partition coefficient (Wildman–Crippen LogP) is 2.08. The van der Waals surface area contributed by atoms with Gasteiger partial charge in [-0.15, -0.1) is 11.3 Å². The van der Waals surface area contributed by atoms with Crippen LogP contribution >= 0.6 is 23.1 Å². The molecule has 1 aliphatic carbocycles. The Bertz CT molecular complexity index is 660. The number of morpholine rings is 1. The minimum Gasteiger partial charge on any atom is -0.374 e. The van der Waals surface area contributed by atoms with Crippen LogP contribution in [0.5, 0.6) is 0 Å². The van der Waals surface area contributed by atoms with Crippen molar-refractivity contribution in [1.82, 2.24) is 19.9 Å². The van der Waals surface area contributed by atoms with Gasteiger partial charge in [0.1, 0.15) is 16.8 Å². The minimum atomic E-state index is 0.229. The molecule has 1 aliphatic heterocycles. The molecule has 1 unspecified atom stereocenters. The fourth-order valence-electron chi connectivity index (χ4n) is 2.80. The molecule has 8 heteroatoms. The van der Waals surface area contributed by atoms with Crippen molar-refractivity contribution >= 4 is 39.3 Å². The van der Waals surface area contributed by atoms with E-state index in [0.717, 1.165) is 52.8 Å². The van der Waals surface area contributed by atoms with Crippen LogP contribution in [0.3, 0.4) is 0 Å². The number of rotatable bonds is 5. The fraction of sp³-hybridized carbons (Fsp3) is 0.643. The van der Waals surface area contributed by atoms with E-state index in [1.807, 2.05) is 6.26 Å². The van der Waals surface area contributed by atoms with Gasteiger partial charge in [0.05, 0.1) is 12.7 Å². The molecule has 1 atom stereocenters. The topological polar surface area (TPSA) is 63.2 Å². The van der Waals surface area contributed by atoms with Crippen LogP contribution in [-0.4, -0.2) is 64.5 Å². The molecule has 3 heterocycles. The molecular formula is C14H19N5OS2. The maximum Gasteiger partial charge on any atom is 0.176 e. The van der Waals surface area contributed by atoms with Crippen LogP contribution in [0, 0.1) is 0 Å². The van der Waals surface area contributed by atoms with Crippen LogP contribution < -0.4 is 5.32 Å². The lowest BCUT2D eigenvalue weighted by Gasteiger charge is -2.33. The van der Waals surface area contributed by atoms with Gasteiger partial charge in [-0.2, -0.15) is 0 Å². The molecule has 0 bridgehead atoms. The van der Waals surface area contributed by atoms with Crippen LogP contribution in [0.15, 0.2) is 10.7 Å². The first-order valence-corrected chi connectivity index (χ1v) is 9.62. The number of ether oxygens (including phenoxy) is 1. The molecule has 0 radical (unpaired) electrons. The summed E-state index contributed by atoms with van der Waals surface area (Å²) in [6, 6.07) is 0.808. The normalized spacial score (nSPS) is 23.0. The highest BCUT2D eigenvalue weighted by Crippen LogP contribution is 2.31. The lowest BCUT2D eigenvalue weighted by molar-refractivity contribution is -0.0241. The van der Waals surface area contributed by atoms with Gasteiger partial charge >= 0.3 is 0 Å². The number of fused-ring (bicyclic) bond motifs is 1. The van der Waals surface area contributed by atoms with E-state index >= 15 is 0 Å². The van der Waals surface area contributed by atoms with Gasteiger partial charge in [-0.1, -0.05) is 11.8 Å². The van der Waals surface area contributed by atoms with Crippen molar-refractivity contribution in [2.24, 2.45) is 0 Å². The highest BCUT2D eigenvalue weighted by atomic mass is 32.2. The second-order valence-electron chi connectivity index (χ2n) is 5.66. The van der Waals surface area contributed by atoms with Gasteiger partial charge in [0, 0.05) is 25.7 Å². The lowest BCUT2D eigenvalue weighted by Crippen LogP contribution is -2.46. The molecule has 6 nitrogen and oxygen atoms in total. The third-order valence-corrected chi connectivity index (χ3v) is 6.11. The quantitative estimate of drug-likeness (QED) is 0.838. The summed E-state index contributed by atoms with van der Waals surface area (Å²) in [5.74, 6) is 0.870. The number of hydrogen-bond acceptors (Lipinski definition) is 8. The first kappa shape index (κ1) is 14.6. The number of thioether (sulfide) groups is 1. The van der Waals surface area contributed by atoms with Gasteiger partial charge in [-0.3, -0.25) is 4.90 Å². The summed E-state index contributed by atoms with van der Waals surface area (Å²) >= 11 is 3.28. The first-order chi connectivity index (χ1) is 10.8. The van der Waals surface area contributed by atoms with Gasteiger partial charge in [-0.25, -0.2) is 15.0 Å². The average molecular weight is 337 g/mol. The zero-order valence-electron chi connectivity index (χ0n) is 12.5. The molecule has 118 valence electrons. The van der Waals surface area contributed by atoms with Crippen LogP contribution in [0.25, 0.3) is 10.3 Å². The Hall–Kier alpha value is -0.960. The van der Waals surface area contributed by atoms with E-state index in [-0.39, 0.29) is 6.10 Å². The van der Waals surface area contributed by atoms with Crippen molar-refractivity contribution in [2.75, 3.05) is 37.8 Å². The van der Waals surface area contributed by atoms with Crippen LogP contribution in [0.1, 0.15) is 12.8 Å². The summed E-state index contributed by atoms with van der Waals surface area (Å²) in [4.78, 5) is 15.7. The molecule has 1 N–H and O–H groups in total. The minimum absolute atomic E-state index is 0.229. The maximum absolute atomic E-state index is 5.88. The SMILES string of the molecule is CSc1nc2ncnc(NCC3CN(C4CC4)CCO3)c2s1. The van der Waals surface area contributed by atoms with E-state index in [4.69, 9.17) is 4.74 Å². The summed E-state index contributed by atoms with van der Waals surface area (Å²) < 4.78 is 7.93. The number of anilines is 1. The molecule has 2 aromatic rings. The number of aromatic nitrogens is 3. The fourth-order valence-corrected chi connectivity index (χ4v) is 4.27. The first-order valence-electron chi connectivity index (χ1n) is 7.58. The van der Waals surface area contributed by atoms with Gasteiger partial charge in [-0.05, 0) is 19.1 Å². The van der Waals surface area contributed by atoms with Crippen molar-refractivity contribution < 1.29 is 4.74 Å². The predicted molar refractivity (Wildman–Crippen MR) is 89.8 cm³/mol. The Morgan fingerprint density at radius 3 is 3.18 bits per heavy atom. The Labute approximate surface area is 137 Å². The molecule has 22 heavy (non-hydrogen) atoms. The van der Waals surface area contributed by atoms with E-state index in [2.05, 4.69) is 25.2 Å². The Balaban J connectivity index is 1.43. The van der Waals surface area contributed by atoms with Crippen molar-refractivity contribution in [3.63, 3.8) is 0 Å². The van der Waals surface area contributed by atoms with E-state index < -0.39 is 0 Å². The molecule has 0 spiro atoms. The zero-order chi connectivity index (χ0) is 14.9. The van der Waals surface area contributed by atoms with Crippen LogP contribution in [0.4, 0.5) is 5.82 Å². The van der Waals surface area contributed by atoms with Crippen molar-refractivity contribution in [2.45, 2.75) is 29.3 Å². The highest BCUT2D eigenvalue weighted by molar-refractivity contribution is 8.00. The van der Waals surface area contributed by atoms with E-state index in [9.17, 15) is 0 Å². The third kappa shape index (κ3) is 3.05. The van der Waals surface area contributed by atoms with E-state index in [1.54, 1.807) is 29.4 Å². The molecule has 4 rings (SSSR count). The van der Waals surface area contributed by atoms with Crippen molar-refractivity contribution in [3.8, 4) is 0 Å². The largest absolute Gasteiger partial charge is 0.374 e. The Morgan fingerprint density at radius 1 is 1.45 bits per heavy atom. The molecule has 2 aromatic heterocycles. The van der Waals surface area contributed by atoms with E-state index in [0.29, 0.717) is 0 Å². The third-order valence-electron chi connectivity index (χ3n) is 4.08. The maximum atomic E-state index is 5.88. The van der Waals surface area contributed by atoms with Crippen molar-refractivity contribution in [1.29, 1.82) is 0 Å². The molecule has 0 amide bonds. The average Bonchev–Trinajstić information content (AvgIpc) is 3.32. The molecule has 0 aromatic carbocycles. The standard InChI is InChI=1S/C14H19N5OS2/c1-21-14-18-13-11(22-14)12(16-8-17-13)15-6-10-7-19(4-5-20-10)9-2-3-9/h8-10H,2-7H2,1H3,(H,15,16,17). The zero-order valence-corrected chi connectivity index (χ0v) is 14.1. The Kier molecular flexibility index (Phi) is 4.17. The van der Waals surface area contributed by atoms with Gasteiger partial charge in [0.2, 0.25) is 0 Å². The smallest absolute Gasteiger partial charge is 0.176 e. The van der Waals surface area contributed by atoms with Gasteiger partial charge < -0.3 is 10.1 Å². The number of thiazole rings is 1. The van der Waals surface area contributed by atoms with E-state index in [1.165, 1.54) is 12.8 Å². The summed E-state index contributed by atoms with van der Waals surface area (Å²) in [6.07, 6.45) is 6.54. The summed E-state index contributed by atoms with van der Waals surface area (Å²) in [7, 11) is 0. The molecular weight excluding hydrogens is 318 g/mol. The summed E-state index contributed by atoms with van der Waals surface area (Å²) in [6.45, 7) is 3.70. The van der Waals surface area contributed by atoms with Crippen LogP contribution in [0.2, 0.25) is 0 Å². The molecule has 2 fully saturated rings. The van der Waals surface area contributed by atoms with Gasteiger partial charge in [0.15, 0.2) is 9.99 Å². The summed E-state index contributed by atoms with van der Waals surface area (Å²) in [5, 5.41) is 3.43. The second kappa shape index (κ2) is 6.27. The monoisotopic (exact) mass is 337 g/mol. The number of nitrogens with one attached hydrogen (secondary N) is 1. The second-order valence-corrected chi connectivity index (χ2v) is 7.71. The highest BCUT2D eigenvalue weighted by Gasteiger charge is 2.32. The van der Waals surface area contributed by atoms with Crippen molar-refractivity contribution in [3.05, 3.63) is 6.33 Å². The number of nitrogens with zero attached hydrogens (tertiary/aromatic N) is 4. The Morgan fingerprint density at radius 2 is 2.36 bits per heavy atom. The molecule has 2 aliphatic rings. The molecule has 1 saturated heterocycles. The summed E-state index contributed by atoms with van der Waals surface area (Å²) in [5.41, 5.74) is 0.774.